The van der Waals surface area contributed by atoms with E-state index in [1.807, 2.05) is 18.2 Å². The highest BCUT2D eigenvalue weighted by molar-refractivity contribution is 5.95. The molecule has 0 saturated carbocycles. The Balaban J connectivity index is 1.88. The Morgan fingerprint density at radius 2 is 2.00 bits per heavy atom. The molecule has 130 valence electrons. The summed E-state index contributed by atoms with van der Waals surface area (Å²) in [6.45, 7) is 2.76. The molecule has 2 aromatic rings. The van der Waals surface area contributed by atoms with Crippen molar-refractivity contribution in [2.24, 2.45) is 0 Å². The standard InChI is InChI=1S/C20H21NO4/c1-2-3-10-25-15-8-9-16-17(12-19(22)21-18(16)11-15)13-4-6-14(7-5-13)20(23)24/h4-9,11,17H,2-3,10,12H2,1H3,(H,21,22)(H,23,24)/t17-/m0/s1. The normalized spacial score (nSPS) is 16.0. The van der Waals surface area contributed by atoms with Crippen LogP contribution in [0.25, 0.3) is 0 Å². The first-order chi connectivity index (χ1) is 12.1. The molecule has 2 aromatic carbocycles. The number of benzene rings is 2. The number of carboxylic acid groups (broad SMARTS) is 1. The predicted octanol–water partition coefficient (Wildman–Crippen LogP) is 4.04. The second-order valence-electron chi connectivity index (χ2n) is 6.18. The Bertz CT molecular complexity index is 783. The molecule has 0 aliphatic carbocycles. The molecule has 5 heteroatoms. The van der Waals surface area contributed by atoms with E-state index >= 15 is 0 Å². The molecule has 0 bridgehead atoms. The molecular formula is C20H21NO4. The first-order valence-electron chi connectivity index (χ1n) is 8.48. The van der Waals surface area contributed by atoms with Crippen molar-refractivity contribution in [1.29, 1.82) is 0 Å². The van der Waals surface area contributed by atoms with Gasteiger partial charge in [0.15, 0.2) is 0 Å². The molecule has 1 atom stereocenters. The SMILES string of the molecule is CCCCOc1ccc2c(c1)NC(=O)C[C@H]2c1ccc(C(=O)O)cc1. The highest BCUT2D eigenvalue weighted by Crippen LogP contribution is 2.38. The van der Waals surface area contributed by atoms with Crippen LogP contribution in [0.4, 0.5) is 5.69 Å². The van der Waals surface area contributed by atoms with Gasteiger partial charge in [0.1, 0.15) is 5.75 Å². The van der Waals surface area contributed by atoms with Gasteiger partial charge in [-0.1, -0.05) is 31.5 Å². The number of hydrogen-bond donors (Lipinski definition) is 2. The van der Waals surface area contributed by atoms with Crippen LogP contribution in [-0.4, -0.2) is 23.6 Å². The molecule has 2 N–H and O–H groups in total. The molecular weight excluding hydrogens is 318 g/mol. The van der Waals surface area contributed by atoms with Gasteiger partial charge in [0.05, 0.1) is 12.2 Å². The van der Waals surface area contributed by atoms with Crippen LogP contribution in [0.2, 0.25) is 0 Å². The van der Waals surface area contributed by atoms with Crippen molar-refractivity contribution in [3.8, 4) is 5.75 Å². The summed E-state index contributed by atoms with van der Waals surface area (Å²) in [5.41, 5.74) is 2.95. The van der Waals surface area contributed by atoms with E-state index in [1.165, 1.54) is 0 Å². The van der Waals surface area contributed by atoms with Crippen molar-refractivity contribution in [1.82, 2.24) is 0 Å². The zero-order valence-electron chi connectivity index (χ0n) is 14.1. The van der Waals surface area contributed by atoms with Crippen molar-refractivity contribution >= 4 is 17.6 Å². The van der Waals surface area contributed by atoms with Gasteiger partial charge in [-0.3, -0.25) is 4.79 Å². The fraction of sp³-hybridized carbons (Fsp3) is 0.300. The van der Waals surface area contributed by atoms with Crippen molar-refractivity contribution in [3.63, 3.8) is 0 Å². The van der Waals surface area contributed by atoms with E-state index in [4.69, 9.17) is 9.84 Å². The monoisotopic (exact) mass is 339 g/mol. The molecule has 1 aliphatic rings. The van der Waals surface area contributed by atoms with Gasteiger partial charge in [-0.2, -0.15) is 0 Å². The Kier molecular flexibility index (Phi) is 5.03. The number of unbranched alkanes of at least 4 members (excludes halogenated alkanes) is 1. The molecule has 5 nitrogen and oxygen atoms in total. The average molecular weight is 339 g/mol. The number of ether oxygens (including phenoxy) is 1. The molecule has 0 spiro atoms. The largest absolute Gasteiger partial charge is 0.494 e. The van der Waals surface area contributed by atoms with E-state index in [1.54, 1.807) is 24.3 Å². The lowest BCUT2D eigenvalue weighted by molar-refractivity contribution is -0.116. The summed E-state index contributed by atoms with van der Waals surface area (Å²) < 4.78 is 5.71. The summed E-state index contributed by atoms with van der Waals surface area (Å²) in [5.74, 6) is -0.349. The van der Waals surface area contributed by atoms with Gasteiger partial charge < -0.3 is 15.2 Å². The van der Waals surface area contributed by atoms with Crippen LogP contribution in [-0.2, 0) is 4.79 Å². The number of amides is 1. The molecule has 3 rings (SSSR count). The second kappa shape index (κ2) is 7.38. The first kappa shape index (κ1) is 17.0. The zero-order chi connectivity index (χ0) is 17.8. The van der Waals surface area contributed by atoms with Crippen LogP contribution in [0.5, 0.6) is 5.75 Å². The lowest BCUT2D eigenvalue weighted by Crippen LogP contribution is -2.23. The third-order valence-corrected chi connectivity index (χ3v) is 4.39. The number of hydrogen-bond acceptors (Lipinski definition) is 3. The Morgan fingerprint density at radius 3 is 2.68 bits per heavy atom. The highest BCUT2D eigenvalue weighted by Gasteiger charge is 2.27. The van der Waals surface area contributed by atoms with Gasteiger partial charge in [0, 0.05) is 24.1 Å². The number of anilines is 1. The Hall–Kier alpha value is -2.82. The molecule has 0 saturated heterocycles. The molecule has 1 heterocycles. The van der Waals surface area contributed by atoms with Gasteiger partial charge in [-0.05, 0) is 35.7 Å². The van der Waals surface area contributed by atoms with Crippen LogP contribution in [0.1, 0.15) is 53.6 Å². The summed E-state index contributed by atoms with van der Waals surface area (Å²) in [6, 6.07) is 12.5. The predicted molar refractivity (Wildman–Crippen MR) is 95.3 cm³/mol. The average Bonchev–Trinajstić information content (AvgIpc) is 2.61. The number of nitrogens with one attached hydrogen (secondary N) is 1. The number of carbonyl (C=O) groups is 2. The molecule has 25 heavy (non-hydrogen) atoms. The van der Waals surface area contributed by atoms with Crippen LogP contribution in [0, 0.1) is 0 Å². The summed E-state index contributed by atoms with van der Waals surface area (Å²) in [6.07, 6.45) is 2.40. The maximum atomic E-state index is 12.1. The third-order valence-electron chi connectivity index (χ3n) is 4.39. The van der Waals surface area contributed by atoms with E-state index in [2.05, 4.69) is 12.2 Å². The lowest BCUT2D eigenvalue weighted by atomic mass is 9.84. The van der Waals surface area contributed by atoms with Crippen molar-refractivity contribution in [2.75, 3.05) is 11.9 Å². The summed E-state index contributed by atoms with van der Waals surface area (Å²) >= 11 is 0. The second-order valence-corrected chi connectivity index (χ2v) is 6.18. The number of rotatable bonds is 6. The summed E-state index contributed by atoms with van der Waals surface area (Å²) in [7, 11) is 0. The third kappa shape index (κ3) is 3.82. The Morgan fingerprint density at radius 1 is 1.24 bits per heavy atom. The van der Waals surface area contributed by atoms with Crippen LogP contribution in [0.15, 0.2) is 42.5 Å². The van der Waals surface area contributed by atoms with Gasteiger partial charge in [0.25, 0.3) is 0 Å². The molecule has 0 aromatic heterocycles. The highest BCUT2D eigenvalue weighted by atomic mass is 16.5. The van der Waals surface area contributed by atoms with E-state index in [9.17, 15) is 9.59 Å². The lowest BCUT2D eigenvalue weighted by Gasteiger charge is -2.26. The van der Waals surface area contributed by atoms with Crippen molar-refractivity contribution in [3.05, 3.63) is 59.2 Å². The number of carboxylic acids is 1. The van der Waals surface area contributed by atoms with E-state index in [0.29, 0.717) is 13.0 Å². The number of carbonyl (C=O) groups excluding carboxylic acids is 1. The van der Waals surface area contributed by atoms with E-state index in [0.717, 1.165) is 35.4 Å². The number of aromatic carboxylic acids is 1. The first-order valence-corrected chi connectivity index (χ1v) is 8.48. The zero-order valence-corrected chi connectivity index (χ0v) is 14.1. The van der Waals surface area contributed by atoms with Gasteiger partial charge in [-0.15, -0.1) is 0 Å². The fourth-order valence-electron chi connectivity index (χ4n) is 3.02. The maximum absolute atomic E-state index is 12.1. The van der Waals surface area contributed by atoms with Crippen molar-refractivity contribution < 1.29 is 19.4 Å². The quantitative estimate of drug-likeness (QED) is 0.779. The smallest absolute Gasteiger partial charge is 0.335 e. The van der Waals surface area contributed by atoms with Gasteiger partial charge in [-0.25, -0.2) is 4.79 Å². The van der Waals surface area contributed by atoms with E-state index < -0.39 is 5.97 Å². The van der Waals surface area contributed by atoms with Crippen molar-refractivity contribution in [2.45, 2.75) is 32.1 Å². The summed E-state index contributed by atoms with van der Waals surface area (Å²) in [5, 5.41) is 11.9. The molecule has 1 amide bonds. The molecule has 0 fully saturated rings. The van der Waals surface area contributed by atoms with E-state index in [-0.39, 0.29) is 17.4 Å². The van der Waals surface area contributed by atoms with Crippen LogP contribution >= 0.6 is 0 Å². The topological polar surface area (TPSA) is 75.6 Å². The molecule has 0 unspecified atom stereocenters. The fourth-order valence-corrected chi connectivity index (χ4v) is 3.02. The summed E-state index contributed by atoms with van der Waals surface area (Å²) in [4.78, 5) is 23.1. The minimum atomic E-state index is -0.956. The van der Waals surface area contributed by atoms with Gasteiger partial charge in [0.2, 0.25) is 5.91 Å². The Labute approximate surface area is 146 Å². The minimum Gasteiger partial charge on any atom is -0.494 e. The number of fused-ring (bicyclic) bond motifs is 1. The minimum absolute atomic E-state index is 0.0504. The maximum Gasteiger partial charge on any atom is 0.335 e. The van der Waals surface area contributed by atoms with Crippen LogP contribution in [0.3, 0.4) is 0 Å². The van der Waals surface area contributed by atoms with Crippen LogP contribution < -0.4 is 10.1 Å². The molecule has 1 aliphatic heterocycles. The van der Waals surface area contributed by atoms with Gasteiger partial charge >= 0.3 is 5.97 Å². The molecule has 0 radical (unpaired) electrons.